The summed E-state index contributed by atoms with van der Waals surface area (Å²) in [5, 5.41) is 2.57. The standard InChI is InChI=1S/C19H20N2O4S/c1-20-19(23)17-11-21(15-5-3-4-6-16(15)25-17)18(22)12-26-14-9-7-13(24-2)8-10-14/h3-10,17H,11-12H2,1-2H3,(H,20,23)/t17-/m1/s1. The fraction of sp³-hybridized carbons (Fsp3) is 0.263. The van der Waals surface area contributed by atoms with Gasteiger partial charge in [-0.3, -0.25) is 9.59 Å². The maximum absolute atomic E-state index is 12.8. The van der Waals surface area contributed by atoms with Crippen LogP contribution in [0.1, 0.15) is 0 Å². The molecule has 1 aliphatic rings. The van der Waals surface area contributed by atoms with E-state index >= 15 is 0 Å². The summed E-state index contributed by atoms with van der Waals surface area (Å²) in [6, 6.07) is 14.8. The molecule has 2 amide bonds. The van der Waals surface area contributed by atoms with E-state index in [4.69, 9.17) is 9.47 Å². The third-order valence-corrected chi connectivity index (χ3v) is 5.03. The highest BCUT2D eigenvalue weighted by molar-refractivity contribution is 8.00. The molecule has 1 aliphatic heterocycles. The Morgan fingerprint density at radius 2 is 1.96 bits per heavy atom. The number of benzene rings is 2. The zero-order valence-electron chi connectivity index (χ0n) is 14.6. The quantitative estimate of drug-likeness (QED) is 0.816. The Morgan fingerprint density at radius 1 is 1.23 bits per heavy atom. The van der Waals surface area contributed by atoms with Crippen LogP contribution in [0.2, 0.25) is 0 Å². The van der Waals surface area contributed by atoms with Crippen LogP contribution in [0, 0.1) is 0 Å². The first-order chi connectivity index (χ1) is 12.6. The minimum absolute atomic E-state index is 0.0736. The summed E-state index contributed by atoms with van der Waals surface area (Å²) in [5.74, 6) is 1.25. The van der Waals surface area contributed by atoms with Crippen molar-refractivity contribution in [3.8, 4) is 11.5 Å². The molecule has 0 saturated heterocycles. The Kier molecular flexibility index (Phi) is 5.68. The van der Waals surface area contributed by atoms with Gasteiger partial charge in [-0.25, -0.2) is 0 Å². The summed E-state index contributed by atoms with van der Waals surface area (Å²) in [6.45, 7) is 0.193. The van der Waals surface area contributed by atoms with E-state index in [1.165, 1.54) is 11.8 Å². The number of thioether (sulfide) groups is 1. The molecule has 0 unspecified atom stereocenters. The molecular weight excluding hydrogens is 352 g/mol. The van der Waals surface area contributed by atoms with Crippen molar-refractivity contribution in [1.29, 1.82) is 0 Å². The average molecular weight is 372 g/mol. The lowest BCUT2D eigenvalue weighted by atomic mass is 10.2. The number of anilines is 1. The van der Waals surface area contributed by atoms with Gasteiger partial charge in [-0.15, -0.1) is 11.8 Å². The van der Waals surface area contributed by atoms with Gasteiger partial charge in [0.15, 0.2) is 6.10 Å². The number of hydrogen-bond donors (Lipinski definition) is 1. The van der Waals surface area contributed by atoms with E-state index in [1.807, 2.05) is 42.5 Å². The van der Waals surface area contributed by atoms with Crippen molar-refractivity contribution >= 4 is 29.3 Å². The SMILES string of the molecule is CNC(=O)[C@H]1CN(C(=O)CSc2ccc(OC)cc2)c2ccccc2O1. The van der Waals surface area contributed by atoms with Gasteiger partial charge in [0.05, 0.1) is 25.1 Å². The van der Waals surface area contributed by atoms with Gasteiger partial charge >= 0.3 is 0 Å². The molecule has 0 aliphatic carbocycles. The molecule has 26 heavy (non-hydrogen) atoms. The molecule has 0 saturated carbocycles. The maximum Gasteiger partial charge on any atom is 0.262 e. The van der Waals surface area contributed by atoms with E-state index < -0.39 is 6.10 Å². The Balaban J connectivity index is 1.73. The van der Waals surface area contributed by atoms with Gasteiger partial charge in [0.1, 0.15) is 11.5 Å². The van der Waals surface area contributed by atoms with Crippen LogP contribution in [0.4, 0.5) is 5.69 Å². The Bertz CT molecular complexity index is 794. The highest BCUT2D eigenvalue weighted by Crippen LogP contribution is 2.34. The lowest BCUT2D eigenvalue weighted by molar-refractivity contribution is -0.127. The average Bonchev–Trinajstić information content (AvgIpc) is 2.70. The van der Waals surface area contributed by atoms with E-state index in [0.717, 1.165) is 10.6 Å². The van der Waals surface area contributed by atoms with Crippen molar-refractivity contribution in [2.24, 2.45) is 0 Å². The predicted octanol–water partition coefficient (Wildman–Crippen LogP) is 2.33. The minimum atomic E-state index is -0.718. The monoisotopic (exact) mass is 372 g/mol. The molecule has 1 N–H and O–H groups in total. The number of rotatable bonds is 5. The summed E-state index contributed by atoms with van der Waals surface area (Å²) in [5.41, 5.74) is 0.688. The first-order valence-corrected chi connectivity index (χ1v) is 9.15. The summed E-state index contributed by atoms with van der Waals surface area (Å²) in [6.07, 6.45) is -0.718. The molecule has 6 nitrogen and oxygen atoms in total. The summed E-state index contributed by atoms with van der Waals surface area (Å²) in [4.78, 5) is 27.4. The number of hydrogen-bond acceptors (Lipinski definition) is 5. The molecule has 136 valence electrons. The second kappa shape index (κ2) is 8.14. The number of amides is 2. The van der Waals surface area contributed by atoms with Gasteiger partial charge in [-0.1, -0.05) is 12.1 Å². The fourth-order valence-corrected chi connectivity index (χ4v) is 3.44. The highest BCUT2D eigenvalue weighted by atomic mass is 32.2. The number of carbonyl (C=O) groups excluding carboxylic acids is 2. The number of ether oxygens (including phenoxy) is 2. The zero-order chi connectivity index (χ0) is 18.5. The smallest absolute Gasteiger partial charge is 0.262 e. The van der Waals surface area contributed by atoms with Gasteiger partial charge in [-0.2, -0.15) is 0 Å². The predicted molar refractivity (Wildman–Crippen MR) is 101 cm³/mol. The van der Waals surface area contributed by atoms with Gasteiger partial charge in [-0.05, 0) is 36.4 Å². The van der Waals surface area contributed by atoms with Crippen LogP contribution in [0.15, 0.2) is 53.4 Å². The molecule has 7 heteroatoms. The number of carbonyl (C=O) groups is 2. The minimum Gasteiger partial charge on any atom is -0.497 e. The zero-order valence-corrected chi connectivity index (χ0v) is 15.4. The van der Waals surface area contributed by atoms with Gasteiger partial charge in [0, 0.05) is 11.9 Å². The fourth-order valence-electron chi connectivity index (χ4n) is 2.66. The molecular formula is C19H20N2O4S. The lowest BCUT2D eigenvalue weighted by Crippen LogP contribution is -2.50. The van der Waals surface area contributed by atoms with Crippen LogP contribution in [-0.4, -0.2) is 44.4 Å². The van der Waals surface area contributed by atoms with Crippen LogP contribution in [0.25, 0.3) is 0 Å². The summed E-state index contributed by atoms with van der Waals surface area (Å²) in [7, 11) is 3.17. The Morgan fingerprint density at radius 3 is 2.65 bits per heavy atom. The van der Waals surface area contributed by atoms with E-state index in [9.17, 15) is 9.59 Å². The molecule has 1 heterocycles. The van der Waals surface area contributed by atoms with Crippen molar-refractivity contribution < 1.29 is 19.1 Å². The summed E-state index contributed by atoms with van der Waals surface area (Å²) >= 11 is 1.44. The normalized spacial score (nSPS) is 15.6. The molecule has 2 aromatic rings. The van der Waals surface area contributed by atoms with Crippen molar-refractivity contribution in [2.75, 3.05) is 31.4 Å². The van der Waals surface area contributed by atoms with E-state index in [0.29, 0.717) is 11.4 Å². The van der Waals surface area contributed by atoms with Crippen molar-refractivity contribution in [3.63, 3.8) is 0 Å². The summed E-state index contributed by atoms with van der Waals surface area (Å²) < 4.78 is 10.9. The van der Waals surface area contributed by atoms with Crippen LogP contribution >= 0.6 is 11.8 Å². The molecule has 0 fully saturated rings. The highest BCUT2D eigenvalue weighted by Gasteiger charge is 2.33. The number of nitrogens with one attached hydrogen (secondary N) is 1. The van der Waals surface area contributed by atoms with Crippen molar-refractivity contribution in [2.45, 2.75) is 11.0 Å². The van der Waals surface area contributed by atoms with Crippen LogP contribution in [0.5, 0.6) is 11.5 Å². The van der Waals surface area contributed by atoms with E-state index in [2.05, 4.69) is 5.32 Å². The molecule has 0 bridgehead atoms. The first kappa shape index (κ1) is 18.1. The number of likely N-dealkylation sites (N-methyl/N-ethyl adjacent to an activating group) is 1. The molecule has 0 radical (unpaired) electrons. The third-order valence-electron chi connectivity index (χ3n) is 4.04. The molecule has 0 aromatic heterocycles. The molecule has 3 rings (SSSR count). The molecule has 1 atom stereocenters. The van der Waals surface area contributed by atoms with Gasteiger partial charge in [0.25, 0.3) is 5.91 Å². The molecule has 2 aromatic carbocycles. The molecule has 0 spiro atoms. The van der Waals surface area contributed by atoms with Gasteiger partial charge in [0.2, 0.25) is 5.91 Å². The van der Waals surface area contributed by atoms with Crippen LogP contribution in [-0.2, 0) is 9.59 Å². The Hall–Kier alpha value is -2.67. The first-order valence-electron chi connectivity index (χ1n) is 8.17. The second-order valence-corrected chi connectivity index (χ2v) is 6.71. The van der Waals surface area contributed by atoms with Crippen molar-refractivity contribution in [1.82, 2.24) is 5.32 Å². The lowest BCUT2D eigenvalue weighted by Gasteiger charge is -2.34. The number of para-hydroxylation sites is 2. The Labute approximate surface area is 156 Å². The number of fused-ring (bicyclic) bond motifs is 1. The van der Waals surface area contributed by atoms with E-state index in [-0.39, 0.29) is 24.1 Å². The van der Waals surface area contributed by atoms with Crippen molar-refractivity contribution in [3.05, 3.63) is 48.5 Å². The van der Waals surface area contributed by atoms with Crippen LogP contribution < -0.4 is 19.7 Å². The van der Waals surface area contributed by atoms with E-state index in [1.54, 1.807) is 25.1 Å². The van der Waals surface area contributed by atoms with Crippen LogP contribution in [0.3, 0.4) is 0 Å². The third kappa shape index (κ3) is 3.94. The maximum atomic E-state index is 12.8. The second-order valence-electron chi connectivity index (χ2n) is 5.66. The van der Waals surface area contributed by atoms with Gasteiger partial charge < -0.3 is 19.7 Å². The number of methoxy groups -OCH3 is 1. The number of nitrogens with zero attached hydrogens (tertiary/aromatic N) is 1. The topological polar surface area (TPSA) is 67.9 Å². The largest absolute Gasteiger partial charge is 0.497 e.